The first-order chi connectivity index (χ1) is 13.4. The van der Waals surface area contributed by atoms with E-state index in [9.17, 15) is 9.59 Å². The lowest BCUT2D eigenvalue weighted by Gasteiger charge is -2.16. The van der Waals surface area contributed by atoms with E-state index in [0.717, 1.165) is 16.8 Å². The molecule has 2 amide bonds. The highest BCUT2D eigenvalue weighted by Gasteiger charge is 2.34. The first-order valence-electron chi connectivity index (χ1n) is 8.00. The maximum absolute atomic E-state index is 12.8. The van der Waals surface area contributed by atoms with Gasteiger partial charge in [0.2, 0.25) is 0 Å². The summed E-state index contributed by atoms with van der Waals surface area (Å²) in [5.41, 5.74) is 3.62. The third-order valence-corrected chi connectivity index (χ3v) is 5.84. The number of hydrogen-bond donors (Lipinski definition) is 1. The number of methoxy groups -OCH3 is 2. The second kappa shape index (κ2) is 8.76. The number of carbonyl (C=O) groups excluding carboxylic acids is 2. The molecule has 1 aliphatic rings. The van der Waals surface area contributed by atoms with Gasteiger partial charge in [-0.05, 0) is 64.6 Å². The predicted molar refractivity (Wildman–Crippen MR) is 116 cm³/mol. The number of amides is 2. The van der Waals surface area contributed by atoms with Crippen molar-refractivity contribution in [3.05, 3.63) is 63.0 Å². The first-order valence-corrected chi connectivity index (χ1v) is 10.0. The Hall–Kier alpha value is -2.36. The molecule has 6 nitrogen and oxygen atoms in total. The van der Waals surface area contributed by atoms with Crippen molar-refractivity contribution in [2.45, 2.75) is 0 Å². The van der Waals surface area contributed by atoms with E-state index in [2.05, 4.69) is 21.4 Å². The molecule has 0 atom stereocenters. The van der Waals surface area contributed by atoms with Crippen molar-refractivity contribution in [3.63, 3.8) is 0 Å². The fourth-order valence-electron chi connectivity index (χ4n) is 2.46. The van der Waals surface area contributed by atoms with E-state index >= 15 is 0 Å². The maximum atomic E-state index is 12.8. The quantitative estimate of drug-likeness (QED) is 0.517. The van der Waals surface area contributed by atoms with Crippen molar-refractivity contribution < 1.29 is 19.1 Å². The molecule has 1 N–H and O–H groups in total. The van der Waals surface area contributed by atoms with Crippen LogP contribution in [0.15, 0.2) is 51.8 Å². The standard InChI is InChI=1S/C19H15BrN2O4S2/c1-25-12-7-8-15(26-2)11(9-12)10-16-18(24)22(19(27)28-16)21-17(23)13-5-3-4-6-14(13)20/h3-10H,1-2H3,(H,21,23)/b16-10-. The number of hydrazine groups is 1. The minimum Gasteiger partial charge on any atom is -0.497 e. The molecule has 1 aliphatic heterocycles. The van der Waals surface area contributed by atoms with Crippen LogP contribution < -0.4 is 14.9 Å². The molecule has 0 bridgehead atoms. The van der Waals surface area contributed by atoms with Crippen molar-refractivity contribution in [1.82, 2.24) is 10.4 Å². The molecular formula is C19H15BrN2O4S2. The molecule has 1 heterocycles. The van der Waals surface area contributed by atoms with Gasteiger partial charge in [0.05, 0.1) is 24.7 Å². The Bertz CT molecular complexity index is 994. The number of nitrogens with zero attached hydrogens (tertiary/aromatic N) is 1. The Kier molecular flexibility index (Phi) is 6.38. The molecule has 2 aromatic rings. The van der Waals surface area contributed by atoms with Crippen LogP contribution in [-0.4, -0.2) is 35.4 Å². The smallest absolute Gasteiger partial charge is 0.285 e. The van der Waals surface area contributed by atoms with E-state index in [1.165, 1.54) is 0 Å². The van der Waals surface area contributed by atoms with Crippen molar-refractivity contribution in [3.8, 4) is 11.5 Å². The fourth-order valence-corrected chi connectivity index (χ4v) is 4.10. The number of nitrogens with one attached hydrogen (secondary N) is 1. The van der Waals surface area contributed by atoms with E-state index < -0.39 is 11.8 Å². The highest BCUT2D eigenvalue weighted by molar-refractivity contribution is 9.10. The SMILES string of the molecule is COc1ccc(OC)c(/C=C2\SC(=S)N(NC(=O)c3ccccc3Br)C2=O)c1. The van der Waals surface area contributed by atoms with Gasteiger partial charge in [-0.2, -0.15) is 5.01 Å². The van der Waals surface area contributed by atoms with Gasteiger partial charge in [-0.15, -0.1) is 0 Å². The first kappa shape index (κ1) is 20.4. The molecule has 0 unspecified atom stereocenters. The second-order valence-corrected chi connectivity index (χ2v) is 8.08. The van der Waals surface area contributed by atoms with Gasteiger partial charge in [-0.25, -0.2) is 0 Å². The molecule has 0 saturated carbocycles. The van der Waals surface area contributed by atoms with E-state index in [0.29, 0.717) is 32.0 Å². The molecule has 144 valence electrons. The van der Waals surface area contributed by atoms with Gasteiger partial charge in [0.15, 0.2) is 4.32 Å². The number of hydrogen-bond acceptors (Lipinski definition) is 6. The van der Waals surface area contributed by atoms with Crippen molar-refractivity contribution in [2.24, 2.45) is 0 Å². The van der Waals surface area contributed by atoms with Crippen LogP contribution >= 0.6 is 39.9 Å². The van der Waals surface area contributed by atoms with Crippen LogP contribution in [0, 0.1) is 0 Å². The van der Waals surface area contributed by atoms with Crippen LogP contribution in [0.3, 0.4) is 0 Å². The molecule has 9 heteroatoms. The van der Waals surface area contributed by atoms with E-state index in [1.807, 2.05) is 0 Å². The third kappa shape index (κ3) is 4.21. The third-order valence-electron chi connectivity index (χ3n) is 3.85. The average Bonchev–Trinajstić information content (AvgIpc) is 2.95. The molecule has 3 rings (SSSR count). The summed E-state index contributed by atoms with van der Waals surface area (Å²) in [6.45, 7) is 0. The summed E-state index contributed by atoms with van der Waals surface area (Å²) < 4.78 is 11.4. The molecule has 2 aromatic carbocycles. The molecule has 28 heavy (non-hydrogen) atoms. The van der Waals surface area contributed by atoms with E-state index in [-0.39, 0.29) is 4.32 Å². The van der Waals surface area contributed by atoms with Crippen LogP contribution in [0.25, 0.3) is 6.08 Å². The van der Waals surface area contributed by atoms with Gasteiger partial charge in [-0.1, -0.05) is 23.9 Å². The highest BCUT2D eigenvalue weighted by atomic mass is 79.9. The van der Waals surface area contributed by atoms with Crippen LogP contribution in [-0.2, 0) is 4.79 Å². The monoisotopic (exact) mass is 478 g/mol. The Balaban J connectivity index is 1.85. The Morgan fingerprint density at radius 2 is 1.96 bits per heavy atom. The molecule has 0 spiro atoms. The lowest BCUT2D eigenvalue weighted by molar-refractivity contribution is -0.123. The number of rotatable bonds is 5. The van der Waals surface area contributed by atoms with Crippen LogP contribution in [0.5, 0.6) is 11.5 Å². The zero-order chi connectivity index (χ0) is 20.3. The zero-order valence-electron chi connectivity index (χ0n) is 14.9. The number of thioether (sulfide) groups is 1. The fraction of sp³-hybridized carbons (Fsp3) is 0.105. The van der Waals surface area contributed by atoms with E-state index in [1.54, 1.807) is 62.8 Å². The number of thiocarbonyl (C=S) groups is 1. The van der Waals surface area contributed by atoms with Crippen molar-refractivity contribution in [1.29, 1.82) is 0 Å². The molecule has 1 fully saturated rings. The molecule has 0 aliphatic carbocycles. The topological polar surface area (TPSA) is 67.9 Å². The maximum Gasteiger partial charge on any atom is 0.285 e. The Morgan fingerprint density at radius 1 is 1.21 bits per heavy atom. The van der Waals surface area contributed by atoms with Gasteiger partial charge in [-0.3, -0.25) is 15.0 Å². The summed E-state index contributed by atoms with van der Waals surface area (Å²) in [6.07, 6.45) is 1.66. The minimum atomic E-state index is -0.441. The van der Waals surface area contributed by atoms with Crippen LogP contribution in [0.1, 0.15) is 15.9 Å². The van der Waals surface area contributed by atoms with E-state index in [4.69, 9.17) is 21.7 Å². The number of benzene rings is 2. The average molecular weight is 479 g/mol. The van der Waals surface area contributed by atoms with Crippen molar-refractivity contribution >= 4 is 62.1 Å². The van der Waals surface area contributed by atoms with Gasteiger partial charge < -0.3 is 9.47 Å². The van der Waals surface area contributed by atoms with Gasteiger partial charge in [0.1, 0.15) is 11.5 Å². The Labute approximate surface area is 180 Å². The highest BCUT2D eigenvalue weighted by Crippen LogP contribution is 2.34. The summed E-state index contributed by atoms with van der Waals surface area (Å²) in [5.74, 6) is 0.359. The normalized spacial score (nSPS) is 15.1. The van der Waals surface area contributed by atoms with Crippen molar-refractivity contribution in [2.75, 3.05) is 14.2 Å². The molecular weight excluding hydrogens is 464 g/mol. The molecule has 0 aromatic heterocycles. The summed E-state index contributed by atoms with van der Waals surface area (Å²) in [4.78, 5) is 25.6. The lowest BCUT2D eigenvalue weighted by atomic mass is 10.1. The van der Waals surface area contributed by atoms with Crippen LogP contribution in [0.4, 0.5) is 0 Å². The Morgan fingerprint density at radius 3 is 2.64 bits per heavy atom. The largest absolute Gasteiger partial charge is 0.497 e. The zero-order valence-corrected chi connectivity index (χ0v) is 18.1. The second-order valence-electron chi connectivity index (χ2n) is 5.55. The van der Waals surface area contributed by atoms with Gasteiger partial charge in [0.25, 0.3) is 11.8 Å². The number of halogens is 1. The lowest BCUT2D eigenvalue weighted by Crippen LogP contribution is -2.44. The summed E-state index contributed by atoms with van der Waals surface area (Å²) in [6, 6.07) is 12.2. The summed E-state index contributed by atoms with van der Waals surface area (Å²) in [7, 11) is 3.10. The number of ether oxygens (including phenoxy) is 2. The molecule has 1 saturated heterocycles. The number of carbonyl (C=O) groups is 2. The summed E-state index contributed by atoms with van der Waals surface area (Å²) in [5, 5.41) is 1.07. The van der Waals surface area contributed by atoms with Gasteiger partial charge >= 0.3 is 0 Å². The van der Waals surface area contributed by atoms with Gasteiger partial charge in [0, 0.05) is 10.0 Å². The minimum absolute atomic E-state index is 0.235. The predicted octanol–water partition coefficient (Wildman–Crippen LogP) is 4.01. The van der Waals surface area contributed by atoms with Crippen LogP contribution in [0.2, 0.25) is 0 Å². The summed E-state index contributed by atoms with van der Waals surface area (Å²) >= 11 is 9.69. The molecule has 0 radical (unpaired) electrons.